The molecule has 0 aromatic carbocycles. The van der Waals surface area contributed by atoms with Gasteiger partial charge in [-0.2, -0.15) is 0 Å². The lowest BCUT2D eigenvalue weighted by molar-refractivity contribution is -0.153. The molecule has 2 heterocycles. The molecule has 2 atom stereocenters. The van der Waals surface area contributed by atoms with Gasteiger partial charge in [-0.1, -0.05) is 0 Å². The molecular weight excluding hydrogens is 342 g/mol. The molecule has 1 aliphatic carbocycles. The summed E-state index contributed by atoms with van der Waals surface area (Å²) in [5, 5.41) is 0. The second-order valence-corrected chi connectivity index (χ2v) is 8.35. The Hall–Kier alpha value is -1.60. The molecule has 0 aromatic heterocycles. The summed E-state index contributed by atoms with van der Waals surface area (Å²) in [6.07, 6.45) is 3.82. The van der Waals surface area contributed by atoms with Crippen molar-refractivity contribution >= 4 is 11.6 Å². The van der Waals surface area contributed by atoms with Crippen molar-refractivity contribution in [3.8, 4) is 0 Å². The van der Waals surface area contributed by atoms with E-state index in [0.29, 0.717) is 11.7 Å². The molecule has 2 aliphatic heterocycles. The number of nitrogens with zero attached hydrogens (tertiary/aromatic N) is 4. The zero-order chi connectivity index (χ0) is 19.7. The first-order valence-corrected chi connectivity index (χ1v) is 10.2. The summed E-state index contributed by atoms with van der Waals surface area (Å²) in [6.45, 7) is 9.05. The Balaban J connectivity index is 1.51. The highest BCUT2D eigenvalue weighted by molar-refractivity contribution is 5.98. The van der Waals surface area contributed by atoms with Crippen LogP contribution in [0.1, 0.15) is 46.5 Å². The van der Waals surface area contributed by atoms with Gasteiger partial charge >= 0.3 is 0 Å². The number of rotatable bonds is 6. The molecule has 27 heavy (non-hydrogen) atoms. The average Bonchev–Trinajstić information content (AvgIpc) is 3.47. The standard InChI is InChI=1S/C20H35N5O2/c1-13-18(21)14(2)23(4)20(22-13)27-15(3)19(26)24(5)17-8-10-25(11-9-17)12-16-6-7-16/h15-17,20H,6-12,21H2,1-5H3. The van der Waals surface area contributed by atoms with E-state index in [1.165, 1.54) is 19.4 Å². The van der Waals surface area contributed by atoms with Crippen molar-refractivity contribution in [3.05, 3.63) is 11.4 Å². The zero-order valence-corrected chi connectivity index (χ0v) is 17.4. The second-order valence-electron chi connectivity index (χ2n) is 8.35. The average molecular weight is 378 g/mol. The summed E-state index contributed by atoms with van der Waals surface area (Å²) in [5.41, 5.74) is 8.38. The first kappa shape index (κ1) is 20.1. The molecule has 7 heteroatoms. The van der Waals surface area contributed by atoms with Gasteiger partial charge in [-0.15, -0.1) is 0 Å². The molecule has 2 fully saturated rings. The van der Waals surface area contributed by atoms with Crippen LogP contribution in [0.3, 0.4) is 0 Å². The summed E-state index contributed by atoms with van der Waals surface area (Å²) >= 11 is 0. The Bertz CT molecular complexity index is 620. The van der Waals surface area contributed by atoms with Gasteiger partial charge in [0.25, 0.3) is 5.91 Å². The Morgan fingerprint density at radius 2 is 1.93 bits per heavy atom. The van der Waals surface area contributed by atoms with Crippen LogP contribution in [-0.4, -0.2) is 78.5 Å². The predicted octanol–water partition coefficient (Wildman–Crippen LogP) is 1.60. The highest BCUT2D eigenvalue weighted by atomic mass is 16.5. The van der Waals surface area contributed by atoms with Gasteiger partial charge in [0.05, 0.1) is 11.4 Å². The van der Waals surface area contributed by atoms with E-state index >= 15 is 0 Å². The Morgan fingerprint density at radius 3 is 2.52 bits per heavy atom. The van der Waals surface area contributed by atoms with Gasteiger partial charge in [-0.05, 0) is 52.4 Å². The number of aliphatic imine (C=N–C) groups is 1. The molecule has 0 radical (unpaired) electrons. The van der Waals surface area contributed by atoms with Crippen molar-refractivity contribution in [2.75, 3.05) is 33.7 Å². The van der Waals surface area contributed by atoms with E-state index in [1.54, 1.807) is 0 Å². The van der Waals surface area contributed by atoms with E-state index in [4.69, 9.17) is 10.5 Å². The minimum Gasteiger partial charge on any atom is -0.396 e. The zero-order valence-electron chi connectivity index (χ0n) is 17.4. The van der Waals surface area contributed by atoms with Crippen molar-refractivity contribution < 1.29 is 9.53 Å². The van der Waals surface area contributed by atoms with Crippen LogP contribution in [0.4, 0.5) is 0 Å². The van der Waals surface area contributed by atoms with Crippen molar-refractivity contribution in [1.29, 1.82) is 0 Å². The highest BCUT2D eigenvalue weighted by Crippen LogP contribution is 2.31. The van der Waals surface area contributed by atoms with Gasteiger partial charge in [0, 0.05) is 45.5 Å². The van der Waals surface area contributed by atoms with Gasteiger partial charge < -0.3 is 25.2 Å². The molecule has 3 rings (SSSR count). The third-order valence-electron chi connectivity index (χ3n) is 6.28. The van der Waals surface area contributed by atoms with Gasteiger partial charge in [-0.25, -0.2) is 4.99 Å². The van der Waals surface area contributed by atoms with E-state index < -0.39 is 12.5 Å². The predicted molar refractivity (Wildman–Crippen MR) is 107 cm³/mol. The molecule has 1 amide bonds. The number of amides is 1. The van der Waals surface area contributed by atoms with E-state index in [2.05, 4.69) is 9.89 Å². The number of nitrogens with two attached hydrogens (primary N) is 1. The Labute approximate surface area is 163 Å². The fraction of sp³-hybridized carbons (Fsp3) is 0.800. The number of hydrogen-bond acceptors (Lipinski definition) is 6. The largest absolute Gasteiger partial charge is 0.396 e. The monoisotopic (exact) mass is 377 g/mol. The first-order chi connectivity index (χ1) is 12.8. The van der Waals surface area contributed by atoms with E-state index in [-0.39, 0.29) is 5.91 Å². The van der Waals surface area contributed by atoms with Crippen LogP contribution < -0.4 is 5.73 Å². The quantitative estimate of drug-likeness (QED) is 0.761. The minimum atomic E-state index is -0.546. The molecule has 7 nitrogen and oxygen atoms in total. The fourth-order valence-corrected chi connectivity index (χ4v) is 3.92. The smallest absolute Gasteiger partial charge is 0.251 e. The number of ether oxygens (including phenoxy) is 1. The van der Waals surface area contributed by atoms with E-state index in [1.807, 2.05) is 44.7 Å². The molecule has 3 aliphatic rings. The minimum absolute atomic E-state index is 0.0251. The summed E-state index contributed by atoms with van der Waals surface area (Å²) in [6, 6.07) is 0.297. The maximum absolute atomic E-state index is 12.9. The van der Waals surface area contributed by atoms with Crippen LogP contribution in [0, 0.1) is 5.92 Å². The number of carbonyl (C=O) groups excluding carboxylic acids is 1. The molecule has 0 aromatic rings. The van der Waals surface area contributed by atoms with Crippen LogP contribution in [0.15, 0.2) is 16.4 Å². The third kappa shape index (κ3) is 4.63. The van der Waals surface area contributed by atoms with Crippen LogP contribution >= 0.6 is 0 Å². The number of likely N-dealkylation sites (tertiary alicyclic amines) is 1. The molecule has 1 saturated carbocycles. The van der Waals surface area contributed by atoms with Crippen LogP contribution in [-0.2, 0) is 9.53 Å². The topological polar surface area (TPSA) is 74.4 Å². The molecule has 0 spiro atoms. The maximum Gasteiger partial charge on any atom is 0.251 e. The number of hydrogen-bond donors (Lipinski definition) is 1. The van der Waals surface area contributed by atoms with Gasteiger partial charge in [0.2, 0.25) is 6.35 Å². The first-order valence-electron chi connectivity index (χ1n) is 10.2. The molecule has 152 valence electrons. The molecule has 2 N–H and O–H groups in total. The normalized spacial score (nSPS) is 26.2. The molecule has 2 unspecified atom stereocenters. The van der Waals surface area contributed by atoms with Crippen LogP contribution in [0.25, 0.3) is 0 Å². The number of carbonyl (C=O) groups is 1. The number of allylic oxidation sites excluding steroid dienone is 2. The van der Waals surface area contributed by atoms with Crippen molar-refractivity contribution in [2.24, 2.45) is 16.6 Å². The summed E-state index contributed by atoms with van der Waals surface area (Å²) < 4.78 is 6.00. The molecule has 0 bridgehead atoms. The van der Waals surface area contributed by atoms with Crippen molar-refractivity contribution in [1.82, 2.24) is 14.7 Å². The lowest BCUT2D eigenvalue weighted by Gasteiger charge is -2.38. The highest BCUT2D eigenvalue weighted by Gasteiger charge is 2.33. The maximum atomic E-state index is 12.9. The Morgan fingerprint density at radius 1 is 1.30 bits per heavy atom. The van der Waals surface area contributed by atoms with Gasteiger partial charge in [0.1, 0.15) is 6.10 Å². The van der Waals surface area contributed by atoms with Crippen molar-refractivity contribution in [3.63, 3.8) is 0 Å². The van der Waals surface area contributed by atoms with Gasteiger partial charge in [0.15, 0.2) is 0 Å². The number of piperidine rings is 1. The van der Waals surface area contributed by atoms with E-state index in [0.717, 1.165) is 43.3 Å². The molecular formula is C20H35N5O2. The fourth-order valence-electron chi connectivity index (χ4n) is 3.92. The summed E-state index contributed by atoms with van der Waals surface area (Å²) in [4.78, 5) is 23.7. The number of likely N-dealkylation sites (N-methyl/N-ethyl adjacent to an activating group) is 1. The summed E-state index contributed by atoms with van der Waals surface area (Å²) in [5.74, 6) is 0.953. The Kier molecular flexibility index (Phi) is 6.11. The second kappa shape index (κ2) is 8.19. The lowest BCUT2D eigenvalue weighted by atomic mass is 10.0. The summed E-state index contributed by atoms with van der Waals surface area (Å²) in [7, 11) is 3.80. The van der Waals surface area contributed by atoms with Crippen LogP contribution in [0.2, 0.25) is 0 Å². The lowest BCUT2D eigenvalue weighted by Crippen LogP contribution is -2.50. The van der Waals surface area contributed by atoms with E-state index in [9.17, 15) is 4.79 Å². The van der Waals surface area contributed by atoms with Crippen LogP contribution in [0.5, 0.6) is 0 Å². The SMILES string of the molecule is CC1=NC(OC(C)C(=O)N(C)C2CCN(CC3CC3)CC2)N(C)C(C)=C1N. The van der Waals surface area contributed by atoms with Crippen molar-refractivity contribution in [2.45, 2.75) is 65.0 Å². The van der Waals surface area contributed by atoms with Gasteiger partial charge in [-0.3, -0.25) is 4.79 Å². The third-order valence-corrected chi connectivity index (χ3v) is 6.28. The molecule has 1 saturated heterocycles.